The first-order valence-electron chi connectivity index (χ1n) is 7.05. The number of fused-ring (bicyclic) bond motifs is 1. The van der Waals surface area contributed by atoms with Gasteiger partial charge < -0.3 is 4.90 Å². The fraction of sp³-hybridized carbons (Fsp3) is 0.250. The maximum Gasteiger partial charge on any atom is 0.271 e. The summed E-state index contributed by atoms with van der Waals surface area (Å²) in [6, 6.07) is 10.0. The van der Waals surface area contributed by atoms with Crippen LogP contribution in [0.15, 0.2) is 41.9 Å². The molecule has 1 amide bonds. The molecule has 3 rings (SSSR count). The number of hydrogen-bond donors (Lipinski definition) is 0. The van der Waals surface area contributed by atoms with Gasteiger partial charge in [-0.05, 0) is 13.8 Å². The maximum absolute atomic E-state index is 12.5. The van der Waals surface area contributed by atoms with Crippen molar-refractivity contribution in [3.05, 3.63) is 47.6 Å². The van der Waals surface area contributed by atoms with Gasteiger partial charge in [-0.15, -0.1) is 11.3 Å². The van der Waals surface area contributed by atoms with Gasteiger partial charge >= 0.3 is 0 Å². The van der Waals surface area contributed by atoms with Crippen LogP contribution in [0.3, 0.4) is 0 Å². The van der Waals surface area contributed by atoms with Gasteiger partial charge in [0, 0.05) is 30.2 Å². The van der Waals surface area contributed by atoms with E-state index >= 15 is 0 Å². The van der Waals surface area contributed by atoms with Crippen LogP contribution in [0.2, 0.25) is 0 Å². The zero-order valence-corrected chi connectivity index (χ0v) is 12.9. The molecule has 0 saturated carbocycles. The quantitative estimate of drug-likeness (QED) is 0.739. The van der Waals surface area contributed by atoms with Crippen LogP contribution in [0, 0.1) is 0 Å². The van der Waals surface area contributed by atoms with Crippen LogP contribution < -0.4 is 0 Å². The van der Waals surface area contributed by atoms with Gasteiger partial charge in [0.15, 0.2) is 4.96 Å². The zero-order valence-electron chi connectivity index (χ0n) is 12.1. The van der Waals surface area contributed by atoms with Crippen LogP contribution in [-0.4, -0.2) is 33.3 Å². The third kappa shape index (κ3) is 2.45. The number of rotatable bonds is 4. The molecule has 0 N–H and O–H groups in total. The fourth-order valence-electron chi connectivity index (χ4n) is 2.36. The lowest BCUT2D eigenvalue weighted by Gasteiger charge is -2.17. The number of aromatic nitrogens is 2. The van der Waals surface area contributed by atoms with Gasteiger partial charge in [0.05, 0.1) is 5.69 Å². The summed E-state index contributed by atoms with van der Waals surface area (Å²) in [6.07, 6.45) is 1.94. The van der Waals surface area contributed by atoms with Gasteiger partial charge in [0.1, 0.15) is 5.69 Å². The molecule has 2 heterocycles. The Morgan fingerprint density at radius 2 is 1.95 bits per heavy atom. The van der Waals surface area contributed by atoms with Gasteiger partial charge in [0.25, 0.3) is 5.91 Å². The molecular formula is C16H17N3OS. The maximum atomic E-state index is 12.5. The van der Waals surface area contributed by atoms with E-state index in [1.807, 2.05) is 65.1 Å². The Kier molecular flexibility index (Phi) is 3.75. The van der Waals surface area contributed by atoms with Crippen molar-refractivity contribution < 1.29 is 4.79 Å². The molecule has 0 spiro atoms. The summed E-state index contributed by atoms with van der Waals surface area (Å²) in [4.78, 5) is 19.8. The molecule has 4 nitrogen and oxygen atoms in total. The summed E-state index contributed by atoms with van der Waals surface area (Å²) >= 11 is 1.50. The predicted molar refractivity (Wildman–Crippen MR) is 85.8 cm³/mol. The van der Waals surface area contributed by atoms with E-state index in [9.17, 15) is 4.79 Å². The molecule has 1 aromatic carbocycles. The second kappa shape index (κ2) is 5.69. The van der Waals surface area contributed by atoms with Gasteiger partial charge in [-0.1, -0.05) is 30.3 Å². The molecule has 0 bridgehead atoms. The Balaban J connectivity index is 2.03. The third-order valence-electron chi connectivity index (χ3n) is 3.55. The molecule has 0 unspecified atom stereocenters. The molecule has 0 saturated heterocycles. The summed E-state index contributed by atoms with van der Waals surface area (Å²) in [7, 11) is 0. The van der Waals surface area contributed by atoms with E-state index in [4.69, 9.17) is 0 Å². The van der Waals surface area contributed by atoms with Crippen molar-refractivity contribution in [3.63, 3.8) is 0 Å². The largest absolute Gasteiger partial charge is 0.338 e. The van der Waals surface area contributed by atoms with Gasteiger partial charge in [-0.3, -0.25) is 9.20 Å². The average Bonchev–Trinajstić information content (AvgIpc) is 3.09. The van der Waals surface area contributed by atoms with E-state index in [2.05, 4.69) is 4.98 Å². The molecule has 0 aliphatic heterocycles. The van der Waals surface area contributed by atoms with E-state index in [0.717, 1.165) is 16.2 Å². The molecule has 3 aromatic rings. The highest BCUT2D eigenvalue weighted by molar-refractivity contribution is 7.15. The molecule has 2 aromatic heterocycles. The lowest BCUT2D eigenvalue weighted by atomic mass is 10.2. The van der Waals surface area contributed by atoms with Crippen molar-refractivity contribution in [1.82, 2.24) is 14.3 Å². The summed E-state index contributed by atoms with van der Waals surface area (Å²) in [6.45, 7) is 5.42. The van der Waals surface area contributed by atoms with Gasteiger partial charge in [0.2, 0.25) is 0 Å². The summed E-state index contributed by atoms with van der Waals surface area (Å²) < 4.78 is 1.90. The highest BCUT2D eigenvalue weighted by Crippen LogP contribution is 2.24. The van der Waals surface area contributed by atoms with E-state index in [1.165, 1.54) is 11.3 Å². The lowest BCUT2D eigenvalue weighted by molar-refractivity contribution is 0.0766. The van der Waals surface area contributed by atoms with Crippen molar-refractivity contribution in [1.29, 1.82) is 0 Å². The van der Waals surface area contributed by atoms with Crippen molar-refractivity contribution in [2.45, 2.75) is 13.8 Å². The van der Waals surface area contributed by atoms with Crippen LogP contribution in [0.25, 0.3) is 16.2 Å². The topological polar surface area (TPSA) is 37.6 Å². The molecule has 0 fully saturated rings. The first kappa shape index (κ1) is 13.8. The first-order valence-corrected chi connectivity index (χ1v) is 7.93. The monoisotopic (exact) mass is 299 g/mol. The molecule has 0 aliphatic carbocycles. The number of imidazole rings is 1. The minimum absolute atomic E-state index is 0.0586. The van der Waals surface area contributed by atoms with Crippen molar-refractivity contribution in [2.24, 2.45) is 0 Å². The fourth-order valence-corrected chi connectivity index (χ4v) is 3.21. The highest BCUT2D eigenvalue weighted by Gasteiger charge is 2.18. The Bertz CT molecular complexity index is 756. The number of benzene rings is 1. The smallest absolute Gasteiger partial charge is 0.271 e. The second-order valence-corrected chi connectivity index (χ2v) is 5.58. The number of nitrogens with zero attached hydrogens (tertiary/aromatic N) is 3. The number of amides is 1. The minimum Gasteiger partial charge on any atom is -0.338 e. The molecule has 0 aliphatic rings. The molecule has 21 heavy (non-hydrogen) atoms. The number of thiazole rings is 1. The van der Waals surface area contributed by atoms with Crippen molar-refractivity contribution >= 4 is 22.2 Å². The second-order valence-electron chi connectivity index (χ2n) is 4.74. The summed E-state index contributed by atoms with van der Waals surface area (Å²) in [5, 5.41) is 1.89. The van der Waals surface area contributed by atoms with Crippen LogP contribution in [0.4, 0.5) is 0 Å². The number of hydrogen-bond acceptors (Lipinski definition) is 3. The van der Waals surface area contributed by atoms with E-state index < -0.39 is 0 Å². The zero-order chi connectivity index (χ0) is 14.8. The molecule has 0 atom stereocenters. The Labute approximate surface area is 127 Å². The standard InChI is InChI=1S/C16H17N3OS/c1-3-18(4-2)15(20)14-11-21-16-17-13(10-19(14)16)12-8-6-5-7-9-12/h5-11H,3-4H2,1-2H3. The Hall–Kier alpha value is -2.14. The normalized spacial score (nSPS) is 11.0. The summed E-state index contributed by atoms with van der Waals surface area (Å²) in [5.41, 5.74) is 2.65. The Morgan fingerprint density at radius 1 is 1.24 bits per heavy atom. The Morgan fingerprint density at radius 3 is 2.62 bits per heavy atom. The van der Waals surface area contributed by atoms with Crippen LogP contribution >= 0.6 is 11.3 Å². The van der Waals surface area contributed by atoms with E-state index in [-0.39, 0.29) is 5.91 Å². The third-order valence-corrected chi connectivity index (χ3v) is 4.39. The highest BCUT2D eigenvalue weighted by atomic mass is 32.1. The first-order chi connectivity index (χ1) is 10.2. The van der Waals surface area contributed by atoms with E-state index in [0.29, 0.717) is 18.8 Å². The number of carbonyl (C=O) groups is 1. The van der Waals surface area contributed by atoms with Crippen LogP contribution in [-0.2, 0) is 0 Å². The van der Waals surface area contributed by atoms with Gasteiger partial charge in [-0.25, -0.2) is 4.98 Å². The SMILES string of the molecule is CCN(CC)C(=O)c1csc2nc(-c3ccccc3)cn12. The predicted octanol–water partition coefficient (Wildman–Crippen LogP) is 3.54. The number of carbonyl (C=O) groups excluding carboxylic acids is 1. The molecule has 0 radical (unpaired) electrons. The van der Waals surface area contributed by atoms with Crippen molar-refractivity contribution in [3.8, 4) is 11.3 Å². The summed E-state index contributed by atoms with van der Waals surface area (Å²) in [5.74, 6) is 0.0586. The van der Waals surface area contributed by atoms with E-state index in [1.54, 1.807) is 0 Å². The minimum atomic E-state index is 0.0586. The van der Waals surface area contributed by atoms with Crippen LogP contribution in [0.1, 0.15) is 24.3 Å². The molecule has 108 valence electrons. The molecule has 5 heteroatoms. The van der Waals surface area contributed by atoms with Gasteiger partial charge in [-0.2, -0.15) is 0 Å². The average molecular weight is 299 g/mol. The lowest BCUT2D eigenvalue weighted by Crippen LogP contribution is -2.31. The van der Waals surface area contributed by atoms with Crippen LogP contribution in [0.5, 0.6) is 0 Å². The molecular weight excluding hydrogens is 282 g/mol. The van der Waals surface area contributed by atoms with Crippen molar-refractivity contribution in [2.75, 3.05) is 13.1 Å².